The van der Waals surface area contributed by atoms with Crippen LogP contribution in [0.25, 0.3) is 0 Å². The summed E-state index contributed by atoms with van der Waals surface area (Å²) in [4.78, 5) is 11.4. The first-order valence-electron chi connectivity index (χ1n) is 6.33. The summed E-state index contributed by atoms with van der Waals surface area (Å²) in [5.41, 5.74) is 0.827. The molecule has 0 bridgehead atoms. The lowest BCUT2D eigenvalue weighted by Gasteiger charge is -2.07. The number of para-hydroxylation sites is 2. The number of aromatic nitrogens is 2. The Morgan fingerprint density at radius 1 is 1.43 bits per heavy atom. The van der Waals surface area contributed by atoms with Gasteiger partial charge in [0, 0.05) is 6.42 Å². The molecule has 0 unspecified atom stereocenters. The van der Waals surface area contributed by atoms with Gasteiger partial charge in [0.25, 0.3) is 0 Å². The number of cyclic esters (lactones) is 1. The zero-order valence-electron chi connectivity index (χ0n) is 11.2. The van der Waals surface area contributed by atoms with Crippen molar-refractivity contribution in [3.63, 3.8) is 0 Å². The number of nitrogens with zero attached hydrogens (tertiary/aromatic N) is 2. The smallest absolute Gasteiger partial charge is 0.319 e. The molecular weight excluding hydrogens is 310 g/mol. The largest absolute Gasteiger partial charge is 0.495 e. The number of methoxy groups -OCH3 is 1. The van der Waals surface area contributed by atoms with Gasteiger partial charge in [-0.25, -0.2) is 0 Å². The molecule has 0 aliphatic carbocycles. The molecule has 1 aromatic carbocycles. The molecule has 1 N–H and O–H groups in total. The molecule has 1 aliphatic heterocycles. The average molecular weight is 323 g/mol. The van der Waals surface area contributed by atoms with Gasteiger partial charge < -0.3 is 14.8 Å². The molecule has 6 nitrogen and oxygen atoms in total. The van der Waals surface area contributed by atoms with E-state index in [1.165, 1.54) is 23.1 Å². The summed E-state index contributed by atoms with van der Waals surface area (Å²) >= 11 is 2.80. The Balaban J connectivity index is 1.69. The lowest BCUT2D eigenvalue weighted by atomic mass is 10.3. The maximum Gasteiger partial charge on any atom is 0.319 e. The van der Waals surface area contributed by atoms with Crippen molar-refractivity contribution in [2.75, 3.05) is 19.0 Å². The molecule has 0 radical (unpaired) electrons. The summed E-state index contributed by atoms with van der Waals surface area (Å²) in [5.74, 6) is 0.565. The van der Waals surface area contributed by atoms with Crippen LogP contribution in [0.5, 0.6) is 5.75 Å². The monoisotopic (exact) mass is 323 g/mol. The van der Waals surface area contributed by atoms with Crippen molar-refractivity contribution in [1.82, 2.24) is 10.2 Å². The molecule has 1 fully saturated rings. The summed E-state index contributed by atoms with van der Waals surface area (Å²) in [5, 5.41) is 11.8. The minimum Gasteiger partial charge on any atom is -0.495 e. The van der Waals surface area contributed by atoms with E-state index >= 15 is 0 Å². The van der Waals surface area contributed by atoms with Crippen molar-refractivity contribution >= 4 is 39.9 Å². The summed E-state index contributed by atoms with van der Waals surface area (Å²) in [7, 11) is 1.62. The molecule has 1 atom stereocenters. The van der Waals surface area contributed by atoms with E-state index in [4.69, 9.17) is 9.47 Å². The van der Waals surface area contributed by atoms with Crippen LogP contribution in [-0.4, -0.2) is 35.1 Å². The lowest BCUT2D eigenvalue weighted by Crippen LogP contribution is -2.08. The predicted octanol–water partition coefficient (Wildman–Crippen LogP) is 2.70. The SMILES string of the molecule is COc1ccccc1Nc1nnc(S[C@@H]2CCOC2=O)s1. The van der Waals surface area contributed by atoms with Gasteiger partial charge in [0.2, 0.25) is 5.13 Å². The van der Waals surface area contributed by atoms with Crippen LogP contribution in [0.15, 0.2) is 28.6 Å². The Morgan fingerprint density at radius 3 is 3.05 bits per heavy atom. The van der Waals surface area contributed by atoms with Gasteiger partial charge in [-0.2, -0.15) is 0 Å². The van der Waals surface area contributed by atoms with E-state index in [1.807, 2.05) is 24.3 Å². The molecule has 1 saturated heterocycles. The third kappa shape index (κ3) is 3.27. The number of nitrogens with one attached hydrogen (secondary N) is 1. The quantitative estimate of drug-likeness (QED) is 0.848. The molecular formula is C13H13N3O3S2. The first-order chi connectivity index (χ1) is 10.3. The van der Waals surface area contributed by atoms with Gasteiger partial charge >= 0.3 is 5.97 Å². The normalized spacial score (nSPS) is 17.6. The maximum absolute atomic E-state index is 11.4. The van der Waals surface area contributed by atoms with E-state index in [0.717, 1.165) is 22.2 Å². The summed E-state index contributed by atoms with van der Waals surface area (Å²) in [6.07, 6.45) is 0.721. The summed E-state index contributed by atoms with van der Waals surface area (Å²) in [6, 6.07) is 7.59. The number of benzene rings is 1. The number of esters is 1. The molecule has 8 heteroatoms. The van der Waals surface area contributed by atoms with Crippen molar-refractivity contribution in [3.05, 3.63) is 24.3 Å². The highest BCUT2D eigenvalue weighted by Crippen LogP contribution is 2.35. The average Bonchev–Trinajstić information content (AvgIpc) is 3.10. The van der Waals surface area contributed by atoms with Crippen LogP contribution in [-0.2, 0) is 9.53 Å². The number of ether oxygens (including phenoxy) is 2. The Bertz CT molecular complexity index is 647. The van der Waals surface area contributed by atoms with E-state index in [1.54, 1.807) is 7.11 Å². The molecule has 2 aromatic rings. The van der Waals surface area contributed by atoms with Crippen molar-refractivity contribution in [3.8, 4) is 5.75 Å². The summed E-state index contributed by atoms with van der Waals surface area (Å²) in [6.45, 7) is 0.488. The molecule has 0 amide bonds. The third-order valence-corrected chi connectivity index (χ3v) is 5.05. The van der Waals surface area contributed by atoms with Gasteiger partial charge in [-0.3, -0.25) is 4.79 Å². The number of thioether (sulfide) groups is 1. The van der Waals surface area contributed by atoms with Crippen molar-refractivity contribution < 1.29 is 14.3 Å². The van der Waals surface area contributed by atoms with Crippen LogP contribution in [0.4, 0.5) is 10.8 Å². The molecule has 1 aliphatic rings. The van der Waals surface area contributed by atoms with Gasteiger partial charge in [0.1, 0.15) is 11.0 Å². The fraction of sp³-hybridized carbons (Fsp3) is 0.308. The van der Waals surface area contributed by atoms with E-state index in [9.17, 15) is 4.79 Å². The predicted molar refractivity (Wildman–Crippen MR) is 81.4 cm³/mol. The zero-order valence-corrected chi connectivity index (χ0v) is 12.9. The minimum atomic E-state index is -0.172. The second kappa shape index (κ2) is 6.31. The number of hydrogen-bond donors (Lipinski definition) is 1. The van der Waals surface area contributed by atoms with Crippen LogP contribution >= 0.6 is 23.1 Å². The zero-order chi connectivity index (χ0) is 14.7. The number of rotatable bonds is 5. The topological polar surface area (TPSA) is 73.3 Å². The Hall–Kier alpha value is -1.80. The van der Waals surface area contributed by atoms with Gasteiger partial charge in [-0.15, -0.1) is 10.2 Å². The van der Waals surface area contributed by atoms with E-state index in [0.29, 0.717) is 11.7 Å². The molecule has 21 heavy (non-hydrogen) atoms. The van der Waals surface area contributed by atoms with Crippen LogP contribution in [0, 0.1) is 0 Å². The van der Waals surface area contributed by atoms with Crippen LogP contribution in [0.1, 0.15) is 6.42 Å². The van der Waals surface area contributed by atoms with Gasteiger partial charge in [-0.05, 0) is 12.1 Å². The van der Waals surface area contributed by atoms with Crippen molar-refractivity contribution in [1.29, 1.82) is 0 Å². The highest BCUT2D eigenvalue weighted by atomic mass is 32.2. The number of carbonyl (C=O) groups excluding carboxylic acids is 1. The summed E-state index contributed by atoms with van der Waals surface area (Å²) < 4.78 is 11.0. The van der Waals surface area contributed by atoms with E-state index in [-0.39, 0.29) is 11.2 Å². The van der Waals surface area contributed by atoms with Crippen molar-refractivity contribution in [2.24, 2.45) is 0 Å². The highest BCUT2D eigenvalue weighted by Gasteiger charge is 2.28. The third-order valence-electron chi connectivity index (χ3n) is 2.89. The second-order valence-corrected chi connectivity index (χ2v) is 6.69. The molecule has 1 aromatic heterocycles. The van der Waals surface area contributed by atoms with Crippen LogP contribution < -0.4 is 10.1 Å². The van der Waals surface area contributed by atoms with Gasteiger partial charge in [0.15, 0.2) is 4.34 Å². The highest BCUT2D eigenvalue weighted by molar-refractivity contribution is 8.02. The molecule has 0 spiro atoms. The fourth-order valence-corrected chi connectivity index (χ4v) is 3.85. The maximum atomic E-state index is 11.4. The second-order valence-electron chi connectivity index (χ2n) is 4.26. The minimum absolute atomic E-state index is 0.169. The van der Waals surface area contributed by atoms with Crippen LogP contribution in [0.2, 0.25) is 0 Å². The Kier molecular flexibility index (Phi) is 4.26. The fourth-order valence-electron chi connectivity index (χ4n) is 1.88. The first-order valence-corrected chi connectivity index (χ1v) is 8.03. The standard InChI is InChI=1S/C13H13N3O3S2/c1-18-9-5-3-2-4-8(9)14-12-15-16-13(21-12)20-10-6-7-19-11(10)17/h2-5,10H,6-7H2,1H3,(H,14,15)/t10-/m1/s1. The first kappa shape index (κ1) is 14.2. The van der Waals surface area contributed by atoms with Gasteiger partial charge in [-0.1, -0.05) is 35.2 Å². The van der Waals surface area contributed by atoms with E-state index in [2.05, 4.69) is 15.5 Å². The molecule has 3 rings (SSSR count). The molecule has 2 heterocycles. The number of hydrogen-bond acceptors (Lipinski definition) is 8. The molecule has 0 saturated carbocycles. The number of anilines is 2. The van der Waals surface area contributed by atoms with Gasteiger partial charge in [0.05, 0.1) is 19.4 Å². The van der Waals surface area contributed by atoms with Crippen LogP contribution in [0.3, 0.4) is 0 Å². The Labute approximate surface area is 129 Å². The lowest BCUT2D eigenvalue weighted by molar-refractivity contribution is -0.137. The number of carbonyl (C=O) groups is 1. The Morgan fingerprint density at radius 2 is 2.29 bits per heavy atom. The van der Waals surface area contributed by atoms with E-state index < -0.39 is 0 Å². The molecule has 110 valence electrons. The van der Waals surface area contributed by atoms with Crippen molar-refractivity contribution in [2.45, 2.75) is 16.0 Å².